The minimum absolute atomic E-state index is 0.390. The molecule has 0 aromatic carbocycles. The number of ether oxygens (including phenoxy) is 2. The van der Waals surface area contributed by atoms with E-state index in [1.54, 1.807) is 24.3 Å². The van der Waals surface area contributed by atoms with E-state index >= 15 is 0 Å². The molecule has 3 atom stereocenters. The standard InChI is InChI=1S/C28H39N5O4/c1-24(2)18-25(3,4)28(24,37-26(19-29)13-7-6-8-21(26)36-5)27(23(30)35)14-9-22(31-32-27)33-15-10-20(11-16-33)12-17-34/h6-9,13-14,17,20-21,32H,10-12,15-16,18H2,1-5H3,(H2,30,35)/t21?,26-,27+/m1/s1. The largest absolute Gasteiger partial charge is 0.373 e. The summed E-state index contributed by atoms with van der Waals surface area (Å²) in [6.45, 7) is 9.68. The second kappa shape index (κ2) is 9.41. The molecule has 200 valence electrons. The number of nitrogens with two attached hydrogens (primary N) is 1. The third-order valence-electron chi connectivity index (χ3n) is 8.85. The van der Waals surface area contributed by atoms with Gasteiger partial charge in [-0.1, -0.05) is 45.9 Å². The van der Waals surface area contributed by atoms with Gasteiger partial charge in [0, 0.05) is 26.6 Å². The number of nitrogens with zero attached hydrogens (tertiary/aromatic N) is 3. The zero-order chi connectivity index (χ0) is 27.1. The summed E-state index contributed by atoms with van der Waals surface area (Å²) in [5, 5.41) is 15.1. The number of primary amides is 1. The summed E-state index contributed by atoms with van der Waals surface area (Å²) >= 11 is 0. The fourth-order valence-electron chi connectivity index (χ4n) is 7.55. The predicted molar refractivity (Wildman–Crippen MR) is 140 cm³/mol. The molecular weight excluding hydrogens is 470 g/mol. The Balaban J connectivity index is 1.74. The van der Waals surface area contributed by atoms with E-state index in [0.29, 0.717) is 18.2 Å². The number of carbonyl (C=O) groups is 2. The summed E-state index contributed by atoms with van der Waals surface area (Å²) in [6, 6.07) is 2.33. The zero-order valence-corrected chi connectivity index (χ0v) is 22.5. The number of amides is 1. The number of carbonyl (C=O) groups excluding carboxylic acids is 2. The van der Waals surface area contributed by atoms with Crippen molar-refractivity contribution >= 4 is 18.0 Å². The number of hydrazone groups is 1. The van der Waals surface area contributed by atoms with E-state index in [4.69, 9.17) is 15.2 Å². The highest BCUT2D eigenvalue weighted by atomic mass is 16.6. The van der Waals surface area contributed by atoms with Crippen LogP contribution in [0.5, 0.6) is 0 Å². The summed E-state index contributed by atoms with van der Waals surface area (Å²) in [6.07, 6.45) is 14.1. The summed E-state index contributed by atoms with van der Waals surface area (Å²) in [4.78, 5) is 26.5. The number of hydrogen-bond donors (Lipinski definition) is 2. The minimum Gasteiger partial charge on any atom is -0.373 e. The van der Waals surface area contributed by atoms with E-state index in [1.807, 2.05) is 39.8 Å². The van der Waals surface area contributed by atoms with Gasteiger partial charge in [0.2, 0.25) is 5.60 Å². The van der Waals surface area contributed by atoms with Crippen molar-refractivity contribution in [1.29, 1.82) is 5.26 Å². The van der Waals surface area contributed by atoms with Gasteiger partial charge in [-0.2, -0.15) is 10.4 Å². The first-order valence-electron chi connectivity index (χ1n) is 13.0. The second-order valence-corrected chi connectivity index (χ2v) is 12.0. The first kappa shape index (κ1) is 27.1. The molecule has 1 saturated heterocycles. The minimum atomic E-state index is -1.52. The molecule has 2 fully saturated rings. The van der Waals surface area contributed by atoms with Crippen LogP contribution in [0.4, 0.5) is 0 Å². The highest BCUT2D eigenvalue weighted by Crippen LogP contribution is 2.69. The van der Waals surface area contributed by atoms with E-state index in [1.165, 1.54) is 7.11 Å². The summed E-state index contributed by atoms with van der Waals surface area (Å²) in [5.74, 6) is 0.465. The first-order valence-corrected chi connectivity index (χ1v) is 13.0. The van der Waals surface area contributed by atoms with Crippen molar-refractivity contribution in [2.45, 2.75) is 76.2 Å². The molecule has 37 heavy (non-hydrogen) atoms. The summed E-state index contributed by atoms with van der Waals surface area (Å²) in [5.41, 5.74) is 3.97. The molecule has 0 aromatic rings. The van der Waals surface area contributed by atoms with Gasteiger partial charge in [-0.05, 0) is 54.2 Å². The summed E-state index contributed by atoms with van der Waals surface area (Å²) < 4.78 is 12.6. The van der Waals surface area contributed by atoms with Gasteiger partial charge in [-0.15, -0.1) is 0 Å². The Morgan fingerprint density at radius 3 is 2.41 bits per heavy atom. The Kier molecular flexibility index (Phi) is 6.89. The highest BCUT2D eigenvalue weighted by Gasteiger charge is 2.79. The Bertz CT molecular complexity index is 1080. The van der Waals surface area contributed by atoms with Gasteiger partial charge in [-0.25, -0.2) is 0 Å². The molecule has 0 aromatic heterocycles. The normalized spacial score (nSPS) is 33.6. The molecule has 2 aliphatic heterocycles. The molecule has 0 radical (unpaired) electrons. The van der Waals surface area contributed by atoms with Crippen LogP contribution in [0.25, 0.3) is 0 Å². The van der Waals surface area contributed by atoms with E-state index in [9.17, 15) is 14.9 Å². The first-order chi connectivity index (χ1) is 17.4. The van der Waals surface area contributed by atoms with Crippen LogP contribution in [0.3, 0.4) is 0 Å². The lowest BCUT2D eigenvalue weighted by Crippen LogP contribution is -2.85. The Morgan fingerprint density at radius 1 is 1.24 bits per heavy atom. The lowest BCUT2D eigenvalue weighted by atomic mass is 9.39. The number of amidine groups is 1. The number of nitrogens with one attached hydrogen (secondary N) is 1. The fourth-order valence-corrected chi connectivity index (χ4v) is 7.55. The van der Waals surface area contributed by atoms with Gasteiger partial charge in [-0.3, -0.25) is 10.2 Å². The predicted octanol–water partition coefficient (Wildman–Crippen LogP) is 2.60. The van der Waals surface area contributed by atoms with Gasteiger partial charge >= 0.3 is 0 Å². The molecule has 4 aliphatic rings. The van der Waals surface area contributed by atoms with Crippen molar-refractivity contribution in [2.75, 3.05) is 20.2 Å². The number of hydrogen-bond acceptors (Lipinski definition) is 8. The Hall–Kier alpha value is -2.96. The fraction of sp³-hybridized carbons (Fsp3) is 0.643. The van der Waals surface area contributed by atoms with Crippen LogP contribution in [-0.4, -0.2) is 66.0 Å². The number of rotatable bonds is 7. The van der Waals surface area contributed by atoms with Gasteiger partial charge in [0.15, 0.2) is 5.54 Å². The van der Waals surface area contributed by atoms with E-state index in [-0.39, 0.29) is 0 Å². The maximum atomic E-state index is 13.4. The highest BCUT2D eigenvalue weighted by molar-refractivity contribution is 5.98. The SMILES string of the molecule is COC1C=CC=C[C@]1(C#N)OC1([C@@]2(C(N)=O)C=CC(N3CCC(CC=O)CC3)=NN2)C(C)(C)CC1(C)C. The van der Waals surface area contributed by atoms with Crippen LogP contribution in [0, 0.1) is 28.1 Å². The molecule has 4 rings (SSSR count). The zero-order valence-electron chi connectivity index (χ0n) is 22.5. The van der Waals surface area contributed by atoms with Gasteiger partial charge < -0.3 is 24.9 Å². The number of nitriles is 1. The molecule has 1 amide bonds. The van der Waals surface area contributed by atoms with Crippen molar-refractivity contribution in [3.05, 3.63) is 36.5 Å². The van der Waals surface area contributed by atoms with E-state index in [2.05, 4.69) is 21.5 Å². The second-order valence-electron chi connectivity index (χ2n) is 12.0. The van der Waals surface area contributed by atoms with Crippen LogP contribution < -0.4 is 11.2 Å². The van der Waals surface area contributed by atoms with Gasteiger partial charge in [0.1, 0.15) is 29.9 Å². The van der Waals surface area contributed by atoms with Crippen molar-refractivity contribution in [2.24, 2.45) is 27.6 Å². The maximum Gasteiger partial charge on any atom is 0.251 e. The van der Waals surface area contributed by atoms with E-state index < -0.39 is 39.6 Å². The van der Waals surface area contributed by atoms with Crippen LogP contribution in [0.2, 0.25) is 0 Å². The lowest BCUT2D eigenvalue weighted by molar-refractivity contribution is -0.329. The number of methoxy groups -OCH3 is 1. The van der Waals surface area contributed by atoms with Crippen molar-refractivity contribution in [3.63, 3.8) is 0 Å². The number of allylic oxidation sites excluding steroid dienone is 2. The topological polar surface area (TPSA) is 130 Å². The van der Waals surface area contributed by atoms with Crippen LogP contribution >= 0.6 is 0 Å². The average molecular weight is 510 g/mol. The molecular formula is C28H39N5O4. The lowest BCUT2D eigenvalue weighted by Gasteiger charge is -2.72. The van der Waals surface area contributed by atoms with Gasteiger partial charge in [0.25, 0.3) is 5.91 Å². The number of piperidine rings is 1. The molecule has 9 heteroatoms. The molecule has 2 aliphatic carbocycles. The molecule has 0 spiro atoms. The average Bonchev–Trinajstić information content (AvgIpc) is 2.87. The van der Waals surface area contributed by atoms with Crippen molar-refractivity contribution < 1.29 is 19.1 Å². The van der Waals surface area contributed by atoms with Crippen LogP contribution in [0.15, 0.2) is 41.6 Å². The smallest absolute Gasteiger partial charge is 0.251 e. The Morgan fingerprint density at radius 2 is 1.92 bits per heavy atom. The Labute approximate surface area is 219 Å². The monoisotopic (exact) mass is 509 g/mol. The van der Waals surface area contributed by atoms with Crippen molar-refractivity contribution in [1.82, 2.24) is 10.3 Å². The molecule has 1 unspecified atom stereocenters. The third-order valence-corrected chi connectivity index (χ3v) is 8.85. The van der Waals surface area contributed by atoms with Crippen LogP contribution in [-0.2, 0) is 19.1 Å². The number of aldehydes is 1. The molecule has 2 heterocycles. The third kappa shape index (κ3) is 3.93. The quantitative estimate of drug-likeness (QED) is 0.505. The summed E-state index contributed by atoms with van der Waals surface area (Å²) in [7, 11) is 1.53. The molecule has 9 nitrogen and oxygen atoms in total. The van der Waals surface area contributed by atoms with E-state index in [0.717, 1.165) is 38.6 Å². The van der Waals surface area contributed by atoms with Gasteiger partial charge in [0.05, 0.1) is 0 Å². The van der Waals surface area contributed by atoms with Crippen LogP contribution in [0.1, 0.15) is 53.4 Å². The molecule has 0 bridgehead atoms. The maximum absolute atomic E-state index is 13.4. The number of likely N-dealkylation sites (tertiary alicyclic amines) is 1. The van der Waals surface area contributed by atoms with Crippen molar-refractivity contribution in [3.8, 4) is 6.07 Å². The molecule has 3 N–H and O–H groups in total. The molecule has 1 saturated carbocycles.